The highest BCUT2D eigenvalue weighted by Crippen LogP contribution is 2.17. The third-order valence-corrected chi connectivity index (χ3v) is 3.88. The number of carbonyl (C=O) groups excluding carboxylic acids is 1. The molecule has 0 aliphatic heterocycles. The van der Waals surface area contributed by atoms with Crippen LogP contribution in [0, 0.1) is 12.7 Å². The minimum Gasteiger partial charge on any atom is -0.309 e. The molecule has 0 saturated carbocycles. The number of hydrogen-bond donors (Lipinski definition) is 1. The Labute approximate surface area is 149 Å². The molecule has 1 amide bonds. The van der Waals surface area contributed by atoms with Crippen molar-refractivity contribution in [2.45, 2.75) is 19.9 Å². The van der Waals surface area contributed by atoms with Crippen LogP contribution in [0.4, 0.5) is 10.2 Å². The van der Waals surface area contributed by atoms with Crippen LogP contribution in [0.3, 0.4) is 0 Å². The Morgan fingerprint density at radius 3 is 2.58 bits per heavy atom. The zero-order valence-electron chi connectivity index (χ0n) is 14.3. The van der Waals surface area contributed by atoms with E-state index < -0.39 is 17.5 Å². The quantitative estimate of drug-likeness (QED) is 0.783. The van der Waals surface area contributed by atoms with Crippen molar-refractivity contribution in [2.75, 3.05) is 5.32 Å². The lowest BCUT2D eigenvalue weighted by atomic mass is 10.1. The Kier molecular flexibility index (Phi) is 4.88. The molecular weight excluding hydrogens is 335 g/mol. The average Bonchev–Trinajstić information content (AvgIpc) is 2.62. The summed E-state index contributed by atoms with van der Waals surface area (Å²) < 4.78 is 14.2. The van der Waals surface area contributed by atoms with Gasteiger partial charge in [-0.3, -0.25) is 9.59 Å². The average molecular weight is 352 g/mol. The van der Waals surface area contributed by atoms with E-state index in [0.717, 1.165) is 10.2 Å². The van der Waals surface area contributed by atoms with Crippen molar-refractivity contribution in [1.29, 1.82) is 0 Å². The summed E-state index contributed by atoms with van der Waals surface area (Å²) in [5, 5.41) is 6.93. The molecule has 3 aromatic rings. The number of carbonyl (C=O) groups is 1. The van der Waals surface area contributed by atoms with E-state index in [1.165, 1.54) is 18.2 Å². The summed E-state index contributed by atoms with van der Waals surface area (Å²) in [6.07, 6.45) is 1.59. The molecule has 2 aromatic heterocycles. The van der Waals surface area contributed by atoms with Crippen LogP contribution in [0.15, 0.2) is 59.5 Å². The van der Waals surface area contributed by atoms with Gasteiger partial charge in [0.15, 0.2) is 0 Å². The Morgan fingerprint density at radius 2 is 1.88 bits per heavy atom. The Morgan fingerprint density at radius 1 is 1.15 bits per heavy atom. The molecule has 0 aliphatic carbocycles. The van der Waals surface area contributed by atoms with Crippen molar-refractivity contribution in [3.05, 3.63) is 76.5 Å². The summed E-state index contributed by atoms with van der Waals surface area (Å²) in [5.74, 6) is -0.362. The van der Waals surface area contributed by atoms with Gasteiger partial charge in [-0.2, -0.15) is 5.10 Å². The van der Waals surface area contributed by atoms with E-state index in [9.17, 15) is 14.0 Å². The molecule has 1 atom stereocenters. The smallest absolute Gasteiger partial charge is 0.267 e. The number of nitrogens with one attached hydrogen (secondary N) is 1. The van der Waals surface area contributed by atoms with Crippen LogP contribution in [0.5, 0.6) is 0 Å². The zero-order chi connectivity index (χ0) is 18.7. The first kappa shape index (κ1) is 17.5. The van der Waals surface area contributed by atoms with Gasteiger partial charge in [0.25, 0.3) is 5.56 Å². The first-order valence-electron chi connectivity index (χ1n) is 8.03. The normalized spacial score (nSPS) is 11.8. The maximum Gasteiger partial charge on any atom is 0.267 e. The maximum absolute atomic E-state index is 13.1. The number of anilines is 1. The molecule has 0 radical (unpaired) electrons. The molecule has 0 fully saturated rings. The second-order valence-electron chi connectivity index (χ2n) is 5.89. The Balaban J connectivity index is 1.87. The van der Waals surface area contributed by atoms with Gasteiger partial charge in [0.2, 0.25) is 5.91 Å². The first-order chi connectivity index (χ1) is 12.4. The number of aryl methyl sites for hydroxylation is 1. The number of benzene rings is 1. The van der Waals surface area contributed by atoms with Crippen molar-refractivity contribution < 1.29 is 9.18 Å². The Hall–Kier alpha value is -3.35. The van der Waals surface area contributed by atoms with E-state index >= 15 is 0 Å². The van der Waals surface area contributed by atoms with Crippen LogP contribution in [-0.2, 0) is 4.79 Å². The fourth-order valence-electron chi connectivity index (χ4n) is 2.42. The third-order valence-electron chi connectivity index (χ3n) is 3.88. The SMILES string of the molecule is Cc1ccnc(NC(=O)C(C)n2nc(-c3ccc(F)cc3)ccc2=O)c1. The minimum absolute atomic E-state index is 0.361. The van der Waals surface area contributed by atoms with Crippen molar-refractivity contribution >= 4 is 11.7 Å². The largest absolute Gasteiger partial charge is 0.309 e. The van der Waals surface area contributed by atoms with E-state index in [0.29, 0.717) is 17.1 Å². The number of pyridine rings is 1. The molecule has 0 aliphatic rings. The zero-order valence-corrected chi connectivity index (χ0v) is 14.3. The molecule has 2 heterocycles. The predicted molar refractivity (Wildman–Crippen MR) is 96.2 cm³/mol. The van der Waals surface area contributed by atoms with Gasteiger partial charge in [-0.25, -0.2) is 14.1 Å². The lowest BCUT2D eigenvalue weighted by Gasteiger charge is -2.15. The topological polar surface area (TPSA) is 76.9 Å². The standard InChI is InChI=1S/C19H17FN4O2/c1-12-9-10-21-17(11-12)22-19(26)13(2)24-18(25)8-7-16(23-24)14-3-5-15(20)6-4-14/h3-11,13H,1-2H3,(H,21,22,26). The van der Waals surface area contributed by atoms with Crippen LogP contribution in [0.2, 0.25) is 0 Å². The van der Waals surface area contributed by atoms with Crippen LogP contribution >= 0.6 is 0 Å². The summed E-state index contributed by atoms with van der Waals surface area (Å²) in [5.41, 5.74) is 1.67. The number of nitrogens with zero attached hydrogens (tertiary/aromatic N) is 3. The third kappa shape index (κ3) is 3.83. The number of halogens is 1. The van der Waals surface area contributed by atoms with Crippen LogP contribution in [-0.4, -0.2) is 20.7 Å². The van der Waals surface area contributed by atoms with Crippen LogP contribution in [0.1, 0.15) is 18.5 Å². The number of hydrogen-bond acceptors (Lipinski definition) is 4. The predicted octanol–water partition coefficient (Wildman–Crippen LogP) is 2.95. The van der Waals surface area contributed by atoms with Gasteiger partial charge in [-0.15, -0.1) is 0 Å². The second-order valence-corrected chi connectivity index (χ2v) is 5.89. The number of amides is 1. The maximum atomic E-state index is 13.1. The summed E-state index contributed by atoms with van der Waals surface area (Å²) in [6, 6.07) is 11.3. The fourth-order valence-corrected chi connectivity index (χ4v) is 2.42. The number of rotatable bonds is 4. The molecule has 3 rings (SSSR count). The number of aromatic nitrogens is 3. The molecule has 6 nitrogen and oxygen atoms in total. The van der Waals surface area contributed by atoms with Crippen molar-refractivity contribution in [1.82, 2.24) is 14.8 Å². The summed E-state index contributed by atoms with van der Waals surface area (Å²) in [4.78, 5) is 28.7. The van der Waals surface area contributed by atoms with Crippen LogP contribution in [0.25, 0.3) is 11.3 Å². The highest BCUT2D eigenvalue weighted by atomic mass is 19.1. The van der Waals surface area contributed by atoms with E-state index in [1.54, 1.807) is 37.4 Å². The van der Waals surface area contributed by atoms with Crippen molar-refractivity contribution in [3.63, 3.8) is 0 Å². The fraction of sp³-hybridized carbons (Fsp3) is 0.158. The van der Waals surface area contributed by atoms with Gasteiger partial charge in [0, 0.05) is 17.8 Å². The molecule has 0 spiro atoms. The highest BCUT2D eigenvalue weighted by molar-refractivity contribution is 5.92. The monoisotopic (exact) mass is 352 g/mol. The first-order valence-corrected chi connectivity index (χ1v) is 8.03. The molecule has 0 bridgehead atoms. The van der Waals surface area contributed by atoms with Gasteiger partial charge < -0.3 is 5.32 Å². The van der Waals surface area contributed by atoms with E-state index in [2.05, 4.69) is 15.4 Å². The molecule has 132 valence electrons. The molecule has 0 saturated heterocycles. The van der Waals surface area contributed by atoms with E-state index in [1.807, 2.05) is 13.0 Å². The molecule has 1 N–H and O–H groups in total. The van der Waals surface area contributed by atoms with Crippen molar-refractivity contribution in [3.8, 4) is 11.3 Å². The van der Waals surface area contributed by atoms with E-state index in [-0.39, 0.29) is 5.82 Å². The molecule has 1 unspecified atom stereocenters. The van der Waals surface area contributed by atoms with Gasteiger partial charge in [-0.05, 0) is 61.9 Å². The van der Waals surface area contributed by atoms with Gasteiger partial charge in [0.1, 0.15) is 17.7 Å². The highest BCUT2D eigenvalue weighted by Gasteiger charge is 2.18. The minimum atomic E-state index is -0.842. The second kappa shape index (κ2) is 7.26. The van der Waals surface area contributed by atoms with Crippen LogP contribution < -0.4 is 10.9 Å². The summed E-state index contributed by atoms with van der Waals surface area (Å²) in [6.45, 7) is 3.47. The van der Waals surface area contributed by atoms with Gasteiger partial charge in [-0.1, -0.05) is 0 Å². The van der Waals surface area contributed by atoms with E-state index in [4.69, 9.17) is 0 Å². The lowest BCUT2D eigenvalue weighted by Crippen LogP contribution is -2.33. The molecule has 7 heteroatoms. The molecular formula is C19H17FN4O2. The lowest BCUT2D eigenvalue weighted by molar-refractivity contribution is -0.119. The Bertz CT molecular complexity index is 999. The van der Waals surface area contributed by atoms with Gasteiger partial charge >= 0.3 is 0 Å². The summed E-state index contributed by atoms with van der Waals surface area (Å²) >= 11 is 0. The molecule has 1 aromatic carbocycles. The van der Waals surface area contributed by atoms with Crippen molar-refractivity contribution in [2.24, 2.45) is 0 Å². The molecule has 26 heavy (non-hydrogen) atoms. The summed E-state index contributed by atoms with van der Waals surface area (Å²) in [7, 11) is 0. The van der Waals surface area contributed by atoms with Gasteiger partial charge in [0.05, 0.1) is 5.69 Å².